The lowest BCUT2D eigenvalue weighted by atomic mass is 10.4. The van der Waals surface area contributed by atoms with Gasteiger partial charge < -0.3 is 10.1 Å². The Labute approximate surface area is 112 Å². The highest BCUT2D eigenvalue weighted by atomic mass is 32.2. The third-order valence-electron chi connectivity index (χ3n) is 2.14. The van der Waals surface area contributed by atoms with Crippen LogP contribution in [0, 0.1) is 6.92 Å². The highest BCUT2D eigenvalue weighted by molar-refractivity contribution is 7.99. The maximum absolute atomic E-state index is 11.0. The van der Waals surface area contributed by atoms with Crippen molar-refractivity contribution in [2.45, 2.75) is 26.0 Å². The maximum Gasteiger partial charge on any atom is 0.315 e. The Morgan fingerprint density at radius 3 is 2.94 bits per heavy atom. The molecule has 0 amide bonds. The van der Waals surface area contributed by atoms with Crippen molar-refractivity contribution in [1.29, 1.82) is 0 Å². The summed E-state index contributed by atoms with van der Waals surface area (Å²) in [6.07, 6.45) is 1.05. The third kappa shape index (κ3) is 5.35. The predicted octanol–water partition coefficient (Wildman–Crippen LogP) is 2.01. The van der Waals surface area contributed by atoms with Gasteiger partial charge in [-0.25, -0.2) is 9.97 Å². The SMILES string of the molecule is CCCNc1cc(C)nc(CSCC(=O)OC)n1. The summed E-state index contributed by atoms with van der Waals surface area (Å²) in [6.45, 7) is 4.94. The molecule has 6 heteroatoms. The molecule has 0 bridgehead atoms. The minimum Gasteiger partial charge on any atom is -0.468 e. The van der Waals surface area contributed by atoms with Crippen LogP contribution in [0.25, 0.3) is 0 Å². The average Bonchev–Trinajstić information content (AvgIpc) is 2.35. The molecule has 100 valence electrons. The topological polar surface area (TPSA) is 64.1 Å². The van der Waals surface area contributed by atoms with Crippen LogP contribution in [0.15, 0.2) is 6.07 Å². The predicted molar refractivity (Wildman–Crippen MR) is 73.7 cm³/mol. The first-order valence-electron chi connectivity index (χ1n) is 5.88. The van der Waals surface area contributed by atoms with Gasteiger partial charge in [0.25, 0.3) is 0 Å². The number of anilines is 1. The van der Waals surface area contributed by atoms with Gasteiger partial charge in [0.1, 0.15) is 11.6 Å². The third-order valence-corrected chi connectivity index (χ3v) is 3.04. The van der Waals surface area contributed by atoms with Crippen LogP contribution >= 0.6 is 11.8 Å². The summed E-state index contributed by atoms with van der Waals surface area (Å²) in [5, 5.41) is 3.23. The van der Waals surface area contributed by atoms with Gasteiger partial charge in [0.05, 0.1) is 18.6 Å². The molecule has 0 fully saturated rings. The van der Waals surface area contributed by atoms with Gasteiger partial charge >= 0.3 is 5.97 Å². The smallest absolute Gasteiger partial charge is 0.315 e. The molecule has 0 unspecified atom stereocenters. The van der Waals surface area contributed by atoms with Crippen LogP contribution in [0.2, 0.25) is 0 Å². The zero-order chi connectivity index (χ0) is 13.4. The molecule has 0 aliphatic rings. The Balaban J connectivity index is 2.54. The minimum atomic E-state index is -0.225. The number of nitrogens with zero attached hydrogens (tertiary/aromatic N) is 2. The monoisotopic (exact) mass is 269 g/mol. The fourth-order valence-corrected chi connectivity index (χ4v) is 2.02. The first-order chi connectivity index (χ1) is 8.65. The molecule has 0 atom stereocenters. The van der Waals surface area contributed by atoms with E-state index in [-0.39, 0.29) is 5.97 Å². The quantitative estimate of drug-likeness (QED) is 0.764. The molecule has 0 radical (unpaired) electrons. The largest absolute Gasteiger partial charge is 0.468 e. The number of aromatic nitrogens is 2. The molecule has 1 aromatic rings. The normalized spacial score (nSPS) is 10.2. The molecule has 0 saturated heterocycles. The second-order valence-corrected chi connectivity index (χ2v) is 4.79. The average molecular weight is 269 g/mol. The molecule has 0 saturated carbocycles. The van der Waals surface area contributed by atoms with Crippen molar-refractivity contribution < 1.29 is 9.53 Å². The van der Waals surface area contributed by atoms with Crippen LogP contribution in [-0.2, 0) is 15.3 Å². The number of aryl methyl sites for hydroxylation is 1. The Morgan fingerprint density at radius 2 is 2.28 bits per heavy atom. The zero-order valence-electron chi connectivity index (χ0n) is 11.0. The number of hydrogen-bond donors (Lipinski definition) is 1. The van der Waals surface area contributed by atoms with E-state index in [9.17, 15) is 4.79 Å². The second-order valence-electron chi connectivity index (χ2n) is 3.81. The Hall–Kier alpha value is -1.30. The van der Waals surface area contributed by atoms with Gasteiger partial charge in [-0.05, 0) is 13.3 Å². The molecule has 1 N–H and O–H groups in total. The van der Waals surface area contributed by atoms with Gasteiger partial charge in [-0.3, -0.25) is 4.79 Å². The van der Waals surface area contributed by atoms with Gasteiger partial charge in [-0.1, -0.05) is 6.92 Å². The summed E-state index contributed by atoms with van der Waals surface area (Å²) >= 11 is 1.45. The number of esters is 1. The molecular weight excluding hydrogens is 250 g/mol. The van der Waals surface area contributed by atoms with Gasteiger partial charge in [-0.15, -0.1) is 11.8 Å². The highest BCUT2D eigenvalue weighted by Crippen LogP contribution is 2.12. The van der Waals surface area contributed by atoms with Crippen LogP contribution < -0.4 is 5.32 Å². The number of carbonyl (C=O) groups is 1. The molecule has 0 spiro atoms. The Morgan fingerprint density at radius 1 is 1.50 bits per heavy atom. The first kappa shape index (κ1) is 14.8. The van der Waals surface area contributed by atoms with E-state index in [0.717, 1.165) is 30.3 Å². The molecule has 0 aromatic carbocycles. The Bertz CT molecular complexity index is 399. The van der Waals surface area contributed by atoms with Crippen molar-refractivity contribution in [2.75, 3.05) is 24.7 Å². The molecule has 1 heterocycles. The minimum absolute atomic E-state index is 0.225. The van der Waals surface area contributed by atoms with Crippen molar-refractivity contribution in [1.82, 2.24) is 9.97 Å². The number of ether oxygens (including phenoxy) is 1. The Kier molecular flexibility index (Phi) is 6.49. The number of thioether (sulfide) groups is 1. The van der Waals surface area contributed by atoms with Crippen molar-refractivity contribution in [2.24, 2.45) is 0 Å². The van der Waals surface area contributed by atoms with E-state index in [1.807, 2.05) is 13.0 Å². The van der Waals surface area contributed by atoms with Gasteiger partial charge in [-0.2, -0.15) is 0 Å². The van der Waals surface area contributed by atoms with Gasteiger partial charge in [0.15, 0.2) is 0 Å². The number of nitrogens with one attached hydrogen (secondary N) is 1. The van der Waals surface area contributed by atoms with Crippen molar-refractivity contribution >= 4 is 23.5 Å². The highest BCUT2D eigenvalue weighted by Gasteiger charge is 2.05. The summed E-state index contributed by atoms with van der Waals surface area (Å²) in [4.78, 5) is 19.7. The number of rotatable bonds is 7. The lowest BCUT2D eigenvalue weighted by molar-refractivity contribution is -0.137. The standard InChI is InChI=1S/C12H19N3O2S/c1-4-5-13-10-6-9(2)14-11(15-10)7-18-8-12(16)17-3/h6H,4-5,7-8H2,1-3H3,(H,13,14,15). The summed E-state index contributed by atoms with van der Waals surface area (Å²) in [5.74, 6) is 2.29. The second kappa shape index (κ2) is 7.92. The molecule has 0 aliphatic heterocycles. The number of methoxy groups -OCH3 is 1. The van der Waals surface area contributed by atoms with Crippen LogP contribution in [0.1, 0.15) is 24.9 Å². The number of hydrogen-bond acceptors (Lipinski definition) is 6. The fraction of sp³-hybridized carbons (Fsp3) is 0.583. The van der Waals surface area contributed by atoms with Crippen LogP contribution in [-0.4, -0.2) is 35.3 Å². The van der Waals surface area contributed by atoms with E-state index >= 15 is 0 Å². The van der Waals surface area contributed by atoms with Crippen molar-refractivity contribution in [3.8, 4) is 0 Å². The van der Waals surface area contributed by atoms with E-state index in [4.69, 9.17) is 0 Å². The molecule has 1 rings (SSSR count). The van der Waals surface area contributed by atoms with Crippen LogP contribution in [0.5, 0.6) is 0 Å². The molecule has 0 aliphatic carbocycles. The fourth-order valence-electron chi connectivity index (χ4n) is 1.32. The van der Waals surface area contributed by atoms with E-state index in [2.05, 4.69) is 26.9 Å². The zero-order valence-corrected chi connectivity index (χ0v) is 11.8. The summed E-state index contributed by atoms with van der Waals surface area (Å²) < 4.78 is 4.58. The van der Waals surface area contributed by atoms with Crippen LogP contribution in [0.3, 0.4) is 0 Å². The summed E-state index contributed by atoms with van der Waals surface area (Å²) in [6, 6.07) is 1.92. The summed E-state index contributed by atoms with van der Waals surface area (Å²) in [5.41, 5.74) is 0.928. The van der Waals surface area contributed by atoms with Crippen molar-refractivity contribution in [3.05, 3.63) is 17.6 Å². The molecule has 18 heavy (non-hydrogen) atoms. The summed E-state index contributed by atoms with van der Waals surface area (Å²) in [7, 11) is 1.39. The van der Waals surface area contributed by atoms with E-state index in [0.29, 0.717) is 11.5 Å². The molecular formula is C12H19N3O2S. The van der Waals surface area contributed by atoms with Gasteiger partial charge in [0, 0.05) is 18.3 Å². The van der Waals surface area contributed by atoms with Crippen molar-refractivity contribution in [3.63, 3.8) is 0 Å². The lowest BCUT2D eigenvalue weighted by Gasteiger charge is -2.07. The molecule has 5 nitrogen and oxygen atoms in total. The van der Waals surface area contributed by atoms with Crippen LogP contribution in [0.4, 0.5) is 5.82 Å². The number of carbonyl (C=O) groups excluding carboxylic acids is 1. The van der Waals surface area contributed by atoms with E-state index < -0.39 is 0 Å². The van der Waals surface area contributed by atoms with Gasteiger partial charge in [0.2, 0.25) is 0 Å². The molecule has 1 aromatic heterocycles. The first-order valence-corrected chi connectivity index (χ1v) is 7.04. The van der Waals surface area contributed by atoms with E-state index in [1.54, 1.807) is 0 Å². The van der Waals surface area contributed by atoms with E-state index in [1.165, 1.54) is 18.9 Å². The maximum atomic E-state index is 11.0. The lowest BCUT2D eigenvalue weighted by Crippen LogP contribution is -2.07.